The molecule has 0 aromatic carbocycles. The zero-order valence-electron chi connectivity index (χ0n) is 15.5. The van der Waals surface area contributed by atoms with Gasteiger partial charge in [-0.1, -0.05) is 31.6 Å². The molecular formula is C17H18Co2O8Si. The first-order valence-corrected chi connectivity index (χ1v) is 9.41. The van der Waals surface area contributed by atoms with Gasteiger partial charge in [0.05, 0.1) is 15.2 Å². The van der Waals surface area contributed by atoms with E-state index >= 15 is 0 Å². The zero-order chi connectivity index (χ0) is 23.2. The normalized spacial score (nSPS) is 6.57. The molecule has 0 aliphatic carbocycles. The van der Waals surface area contributed by atoms with Crippen LogP contribution in [0, 0.1) is 51.7 Å². The van der Waals surface area contributed by atoms with Gasteiger partial charge in [0.1, 0.15) is 0 Å². The Balaban J connectivity index is -0.0000000315. The Morgan fingerprint density at radius 1 is 0.929 bits per heavy atom. The molecule has 156 valence electrons. The van der Waals surface area contributed by atoms with Gasteiger partial charge in [0.25, 0.3) is 0 Å². The first-order valence-electron chi connectivity index (χ1n) is 5.83. The Morgan fingerprint density at radius 2 is 1.21 bits per heavy atom. The van der Waals surface area contributed by atoms with E-state index in [-0.39, 0.29) is 33.6 Å². The fourth-order valence-electron chi connectivity index (χ4n) is 1.03. The minimum absolute atomic E-state index is 0. The van der Waals surface area contributed by atoms with Crippen molar-refractivity contribution in [3.63, 3.8) is 0 Å². The number of rotatable bonds is 3. The number of ether oxygens (including phenoxy) is 1. The maximum Gasteiger partial charge on any atom is 0 e. The van der Waals surface area contributed by atoms with E-state index in [1.54, 1.807) is 0 Å². The Kier molecular flexibility index (Phi) is 128. The predicted octanol–water partition coefficient (Wildman–Crippen LogP) is 2.22. The van der Waals surface area contributed by atoms with Gasteiger partial charge in [-0.3, -0.25) is 0 Å². The molecule has 8 nitrogen and oxygen atoms in total. The molecule has 0 fully saturated rings. The zero-order valence-corrected chi connectivity index (χ0v) is 18.6. The van der Waals surface area contributed by atoms with Crippen LogP contribution in [0.4, 0.5) is 0 Å². The molecule has 0 N–H and O–H groups in total. The van der Waals surface area contributed by atoms with E-state index in [4.69, 9.17) is 27.9 Å². The van der Waals surface area contributed by atoms with Gasteiger partial charge >= 0.3 is 73.8 Å². The summed E-state index contributed by atoms with van der Waals surface area (Å²) >= 11 is 0. The molecule has 0 saturated carbocycles. The van der Waals surface area contributed by atoms with Crippen molar-refractivity contribution in [2.45, 2.75) is 31.6 Å². The van der Waals surface area contributed by atoms with Gasteiger partial charge in [-0.05, 0) is 5.54 Å². The molecular weight excluding hydrogens is 478 g/mol. The summed E-state index contributed by atoms with van der Waals surface area (Å²) in [6.45, 7) is 37.6. The van der Waals surface area contributed by atoms with E-state index in [1.807, 2.05) is 6.08 Å². The smallest absolute Gasteiger partial charge is 0 e. The van der Waals surface area contributed by atoms with Gasteiger partial charge < -0.3 is 4.74 Å². The van der Waals surface area contributed by atoms with Crippen molar-refractivity contribution in [1.29, 1.82) is 0 Å². The quantitative estimate of drug-likeness (QED) is 0.112. The molecule has 0 spiro atoms. The van der Waals surface area contributed by atoms with E-state index in [2.05, 4.69) is 82.7 Å². The standard InChI is InChI=1S/C11H18O2Si.6CO.2Co/c1-6-10(14(3,4)5)8-7-9-11(12)13-2;6*1-2;;/h6,10H,1,8H2,2-5H3;;;;;;;;. The van der Waals surface area contributed by atoms with E-state index in [0.29, 0.717) is 12.0 Å². The van der Waals surface area contributed by atoms with Gasteiger partial charge in [0.2, 0.25) is 0 Å². The molecule has 0 aliphatic rings. The third kappa shape index (κ3) is 64.4. The average molecular weight is 496 g/mol. The summed E-state index contributed by atoms with van der Waals surface area (Å²) in [4.78, 5) is 10.7. The van der Waals surface area contributed by atoms with Crippen LogP contribution in [0.25, 0.3) is 0 Å². The summed E-state index contributed by atoms with van der Waals surface area (Å²) < 4.78 is 49.4. The summed E-state index contributed by atoms with van der Waals surface area (Å²) in [5, 5.41) is 0. The Morgan fingerprint density at radius 3 is 1.39 bits per heavy atom. The second-order valence-corrected chi connectivity index (χ2v) is 9.68. The minimum Gasteiger partial charge on any atom is 0 e. The van der Waals surface area contributed by atoms with Crippen LogP contribution in [0.1, 0.15) is 6.42 Å². The van der Waals surface area contributed by atoms with Gasteiger partial charge in [-0.15, -0.1) is 6.58 Å². The summed E-state index contributed by atoms with van der Waals surface area (Å²) in [5.41, 5.74) is 0.430. The van der Waals surface area contributed by atoms with E-state index in [0.717, 1.165) is 0 Å². The van der Waals surface area contributed by atoms with Crippen molar-refractivity contribution in [2.24, 2.45) is 0 Å². The summed E-state index contributed by atoms with van der Waals surface area (Å²) in [6.07, 6.45) is 2.65. The van der Waals surface area contributed by atoms with E-state index in [9.17, 15) is 4.79 Å². The minimum atomic E-state index is -1.24. The molecule has 0 aromatic heterocycles. The second-order valence-electron chi connectivity index (χ2n) is 4.21. The van der Waals surface area contributed by atoms with Crippen LogP contribution in [0.3, 0.4) is 0 Å². The van der Waals surface area contributed by atoms with Crippen LogP contribution in [0.5, 0.6) is 0 Å². The van der Waals surface area contributed by atoms with Crippen LogP contribution in [0.15, 0.2) is 12.7 Å². The van der Waals surface area contributed by atoms with Crippen LogP contribution in [0.2, 0.25) is 25.2 Å². The van der Waals surface area contributed by atoms with E-state index in [1.165, 1.54) is 7.11 Å². The summed E-state index contributed by atoms with van der Waals surface area (Å²) in [5.74, 6) is 4.80. The number of esters is 1. The number of methoxy groups -OCH3 is 1. The van der Waals surface area contributed by atoms with Crippen molar-refractivity contribution in [2.75, 3.05) is 7.11 Å². The van der Waals surface area contributed by atoms with E-state index < -0.39 is 14.0 Å². The number of hydrogen-bond donors (Lipinski definition) is 0. The number of carbonyl (C=O) groups is 1. The van der Waals surface area contributed by atoms with Crippen LogP contribution in [-0.2, 0) is 71.0 Å². The summed E-state index contributed by atoms with van der Waals surface area (Å²) in [7, 11) is 0.0923. The fourth-order valence-corrected chi connectivity index (χ4v) is 2.45. The van der Waals surface area contributed by atoms with Crippen LogP contribution < -0.4 is 0 Å². The van der Waals surface area contributed by atoms with Gasteiger partial charge in [0, 0.05) is 45.9 Å². The average Bonchev–Trinajstić information content (AvgIpc) is 2.73. The Labute approximate surface area is 188 Å². The molecule has 28 heavy (non-hydrogen) atoms. The molecule has 1 unspecified atom stereocenters. The van der Waals surface area contributed by atoms with Crippen LogP contribution >= 0.6 is 0 Å². The van der Waals surface area contributed by atoms with Crippen molar-refractivity contribution < 1.29 is 71.0 Å². The van der Waals surface area contributed by atoms with Crippen molar-refractivity contribution >= 4 is 14.0 Å². The number of hydrogen-bond acceptors (Lipinski definition) is 2. The fraction of sp³-hybridized carbons (Fsp3) is 0.353. The maximum absolute atomic E-state index is 10.7. The number of carbonyl (C=O) groups excluding carboxylic acids is 1. The predicted molar refractivity (Wildman–Crippen MR) is 85.3 cm³/mol. The molecule has 1 atom stereocenters. The molecule has 0 heterocycles. The molecule has 0 aliphatic heterocycles. The molecule has 11 heteroatoms. The first kappa shape index (κ1) is 56.3. The molecule has 0 saturated heterocycles. The monoisotopic (exact) mass is 496 g/mol. The van der Waals surface area contributed by atoms with Gasteiger partial charge in [-0.25, -0.2) is 4.79 Å². The molecule has 0 bridgehead atoms. The van der Waals surface area contributed by atoms with Crippen molar-refractivity contribution in [1.82, 2.24) is 0 Å². The Hall–Kier alpha value is -1.56. The van der Waals surface area contributed by atoms with Crippen LogP contribution in [-0.4, -0.2) is 21.2 Å². The van der Waals surface area contributed by atoms with Crippen molar-refractivity contribution in [3.8, 4) is 11.8 Å². The third-order valence-corrected chi connectivity index (χ3v) is 4.76. The van der Waals surface area contributed by atoms with Gasteiger partial charge in [-0.2, -0.15) is 0 Å². The maximum atomic E-state index is 10.7. The number of allylic oxidation sites excluding steroid dienone is 1. The first-order chi connectivity index (χ1) is 12.4. The molecule has 0 amide bonds. The topological polar surface area (TPSA) is 146 Å². The SMILES string of the molecule is C=CC(CC#CC(=O)OC)[Si](C)(C)C.[C-]#[O+].[C-]#[O+].[C-]#[O+].[C-]#[O+].[C-]#[O+].[C-]#[O+].[Co].[Co]. The third-order valence-electron chi connectivity index (χ3n) is 2.09. The Bertz CT molecular complexity index is 456. The van der Waals surface area contributed by atoms with Crippen molar-refractivity contribution in [3.05, 3.63) is 52.6 Å². The summed E-state index contributed by atoms with van der Waals surface area (Å²) in [6, 6.07) is 0. The van der Waals surface area contributed by atoms with Gasteiger partial charge in [0.15, 0.2) is 0 Å². The molecule has 0 aromatic rings. The largest absolute Gasteiger partial charge is 0 e. The molecule has 2 radical (unpaired) electrons. The molecule has 0 rings (SSSR count). The second kappa shape index (κ2) is 63.7.